The number of Topliss-reactive ketones (excluding diaryl/α,β-unsaturated/α-hetero) is 1. The number of hydrogen-bond donors (Lipinski definition) is 1. The third kappa shape index (κ3) is 5.59. The molecule has 2 heterocycles. The molecule has 1 N–H and O–H groups in total. The number of carbonyl (C=O) groups excluding carboxylic acids is 2. The number of nitrogens with zero attached hydrogens (tertiary/aromatic N) is 3. The van der Waals surface area contributed by atoms with Crippen LogP contribution in [0.15, 0.2) is 71.5 Å². The van der Waals surface area contributed by atoms with E-state index in [-0.39, 0.29) is 23.8 Å². The molecule has 1 aliphatic rings. The molecule has 5 rings (SSSR count). The average molecular weight is 577 g/mol. The standard InChI is InChI=1S/C30H26Cl2N4O4/c1-18(37)20-5-8-22(9-6-20)36-29(39)24-13-14-35(28(38)21-7-12-25(31)26(32)15-21)17-27(24)34-30(36)33-16-19-3-10-23(40-2)11-4-19/h3-12,15H,13-14,16-17H2,1-2H3,(H,33,34). The third-order valence-electron chi connectivity index (χ3n) is 6.83. The lowest BCUT2D eigenvalue weighted by Gasteiger charge is -2.29. The molecular formula is C30H26Cl2N4O4. The first-order chi connectivity index (χ1) is 19.2. The zero-order valence-corrected chi connectivity index (χ0v) is 23.4. The number of ketones is 1. The van der Waals surface area contributed by atoms with Gasteiger partial charge in [0.15, 0.2) is 5.78 Å². The van der Waals surface area contributed by atoms with Gasteiger partial charge in [-0.05, 0) is 73.5 Å². The van der Waals surface area contributed by atoms with Crippen molar-refractivity contribution >= 4 is 40.8 Å². The van der Waals surface area contributed by atoms with E-state index in [9.17, 15) is 14.4 Å². The van der Waals surface area contributed by atoms with Crippen molar-refractivity contribution in [3.05, 3.63) is 115 Å². The second-order valence-electron chi connectivity index (χ2n) is 9.41. The zero-order valence-electron chi connectivity index (χ0n) is 21.9. The summed E-state index contributed by atoms with van der Waals surface area (Å²) < 4.78 is 6.76. The minimum atomic E-state index is -0.223. The average Bonchev–Trinajstić information content (AvgIpc) is 2.97. The van der Waals surface area contributed by atoms with Crippen LogP contribution in [0.2, 0.25) is 10.0 Å². The second kappa shape index (κ2) is 11.5. The first-order valence-electron chi connectivity index (χ1n) is 12.6. The maximum Gasteiger partial charge on any atom is 0.263 e. The van der Waals surface area contributed by atoms with Crippen LogP contribution in [0.3, 0.4) is 0 Å². The number of nitrogens with one attached hydrogen (secondary N) is 1. The molecule has 0 aliphatic carbocycles. The fourth-order valence-corrected chi connectivity index (χ4v) is 4.90. The topological polar surface area (TPSA) is 93.5 Å². The molecule has 10 heteroatoms. The number of ether oxygens (including phenoxy) is 1. The number of methoxy groups -OCH3 is 1. The number of amides is 1. The van der Waals surface area contributed by atoms with E-state index in [2.05, 4.69) is 5.32 Å². The lowest BCUT2D eigenvalue weighted by atomic mass is 10.0. The first kappa shape index (κ1) is 27.4. The van der Waals surface area contributed by atoms with Gasteiger partial charge in [-0.25, -0.2) is 9.55 Å². The van der Waals surface area contributed by atoms with Gasteiger partial charge in [-0.15, -0.1) is 0 Å². The Morgan fingerprint density at radius 2 is 1.68 bits per heavy atom. The Bertz CT molecular complexity index is 1650. The highest BCUT2D eigenvalue weighted by Gasteiger charge is 2.27. The highest BCUT2D eigenvalue weighted by atomic mass is 35.5. The molecule has 0 fully saturated rings. The van der Waals surface area contributed by atoms with E-state index < -0.39 is 0 Å². The molecule has 0 radical (unpaired) electrons. The second-order valence-corrected chi connectivity index (χ2v) is 10.2. The molecular weight excluding hydrogens is 551 g/mol. The van der Waals surface area contributed by atoms with Crippen molar-refractivity contribution in [1.29, 1.82) is 0 Å². The molecule has 40 heavy (non-hydrogen) atoms. The minimum Gasteiger partial charge on any atom is -0.497 e. The smallest absolute Gasteiger partial charge is 0.263 e. The van der Waals surface area contributed by atoms with E-state index in [1.165, 1.54) is 11.5 Å². The summed E-state index contributed by atoms with van der Waals surface area (Å²) in [7, 11) is 1.61. The maximum atomic E-state index is 13.8. The normalized spacial score (nSPS) is 12.6. The van der Waals surface area contributed by atoms with Crippen molar-refractivity contribution in [1.82, 2.24) is 14.5 Å². The Kier molecular flexibility index (Phi) is 7.91. The number of rotatable bonds is 7. The molecule has 0 atom stereocenters. The lowest BCUT2D eigenvalue weighted by molar-refractivity contribution is 0.0731. The Morgan fingerprint density at radius 1 is 0.975 bits per heavy atom. The molecule has 0 spiro atoms. The fraction of sp³-hybridized carbons (Fsp3) is 0.200. The Balaban J connectivity index is 1.51. The van der Waals surface area contributed by atoms with E-state index in [4.69, 9.17) is 32.9 Å². The van der Waals surface area contributed by atoms with Crippen LogP contribution in [-0.4, -0.2) is 39.8 Å². The third-order valence-corrected chi connectivity index (χ3v) is 7.57. The van der Waals surface area contributed by atoms with E-state index in [0.29, 0.717) is 63.6 Å². The number of aromatic nitrogens is 2. The van der Waals surface area contributed by atoms with Gasteiger partial charge in [0, 0.05) is 29.8 Å². The molecule has 0 bridgehead atoms. The minimum absolute atomic E-state index is 0.0629. The SMILES string of the molecule is COc1ccc(CNc2nc3c(c(=O)n2-c2ccc(C(C)=O)cc2)CCN(C(=O)c2ccc(Cl)c(Cl)c2)C3)cc1. The van der Waals surface area contributed by atoms with Crippen molar-refractivity contribution in [2.24, 2.45) is 0 Å². The highest BCUT2D eigenvalue weighted by Crippen LogP contribution is 2.26. The fourth-order valence-electron chi connectivity index (χ4n) is 4.60. The summed E-state index contributed by atoms with van der Waals surface area (Å²) in [5, 5.41) is 3.96. The molecule has 4 aromatic rings. The number of halogens is 2. The number of hydrogen-bond acceptors (Lipinski definition) is 6. The Morgan fingerprint density at radius 3 is 2.33 bits per heavy atom. The van der Waals surface area contributed by atoms with Gasteiger partial charge in [-0.3, -0.25) is 14.4 Å². The molecule has 1 aliphatic heterocycles. The molecule has 204 valence electrons. The van der Waals surface area contributed by atoms with Crippen LogP contribution in [-0.2, 0) is 19.5 Å². The van der Waals surface area contributed by atoms with Gasteiger partial charge in [0.1, 0.15) is 5.75 Å². The molecule has 1 aromatic heterocycles. The highest BCUT2D eigenvalue weighted by molar-refractivity contribution is 6.42. The summed E-state index contributed by atoms with van der Waals surface area (Å²) in [5.41, 5.74) is 3.35. The molecule has 0 unspecified atom stereocenters. The summed E-state index contributed by atoms with van der Waals surface area (Å²) in [4.78, 5) is 45.4. The van der Waals surface area contributed by atoms with E-state index in [0.717, 1.165) is 11.3 Å². The molecule has 8 nitrogen and oxygen atoms in total. The predicted molar refractivity (Wildman–Crippen MR) is 155 cm³/mol. The van der Waals surface area contributed by atoms with Gasteiger partial charge < -0.3 is 15.0 Å². The van der Waals surface area contributed by atoms with E-state index in [1.807, 2.05) is 24.3 Å². The number of carbonyl (C=O) groups is 2. The first-order valence-corrected chi connectivity index (χ1v) is 13.4. The van der Waals surface area contributed by atoms with Gasteiger partial charge >= 0.3 is 0 Å². The molecule has 1 amide bonds. The van der Waals surface area contributed by atoms with Crippen LogP contribution in [0, 0.1) is 0 Å². The van der Waals surface area contributed by atoms with Gasteiger partial charge in [0.25, 0.3) is 11.5 Å². The zero-order chi connectivity index (χ0) is 28.4. The van der Waals surface area contributed by atoms with Crippen molar-refractivity contribution in [3.8, 4) is 11.4 Å². The monoisotopic (exact) mass is 576 g/mol. The summed E-state index contributed by atoms with van der Waals surface area (Å²) in [5.74, 6) is 0.790. The van der Waals surface area contributed by atoms with Crippen molar-refractivity contribution in [2.45, 2.75) is 26.4 Å². The summed E-state index contributed by atoms with van der Waals surface area (Å²) in [6.45, 7) is 2.41. The molecule has 3 aromatic carbocycles. The van der Waals surface area contributed by atoms with Crippen molar-refractivity contribution in [3.63, 3.8) is 0 Å². The summed E-state index contributed by atoms with van der Waals surface area (Å²) >= 11 is 12.1. The lowest BCUT2D eigenvalue weighted by Crippen LogP contribution is -2.40. The van der Waals surface area contributed by atoms with Crippen LogP contribution < -0.4 is 15.6 Å². The summed E-state index contributed by atoms with van der Waals surface area (Å²) in [6, 6.07) is 19.2. The summed E-state index contributed by atoms with van der Waals surface area (Å²) in [6.07, 6.45) is 0.346. The van der Waals surface area contributed by atoms with Gasteiger partial charge in [-0.1, -0.05) is 35.3 Å². The van der Waals surface area contributed by atoms with Crippen molar-refractivity contribution in [2.75, 3.05) is 19.0 Å². The van der Waals surface area contributed by atoms with Crippen LogP contribution in [0.1, 0.15) is 44.5 Å². The Hall–Kier alpha value is -4.14. The van der Waals surface area contributed by atoms with Crippen LogP contribution in [0.25, 0.3) is 5.69 Å². The largest absolute Gasteiger partial charge is 0.497 e. The van der Waals surface area contributed by atoms with Crippen molar-refractivity contribution < 1.29 is 14.3 Å². The number of fused-ring (bicyclic) bond motifs is 1. The molecule has 0 saturated heterocycles. The van der Waals surface area contributed by atoms with Crippen LogP contribution in [0.5, 0.6) is 5.75 Å². The number of benzene rings is 3. The quantitative estimate of drug-likeness (QED) is 0.289. The number of anilines is 1. The van der Waals surface area contributed by atoms with Crippen LogP contribution in [0.4, 0.5) is 5.95 Å². The van der Waals surface area contributed by atoms with Crippen LogP contribution >= 0.6 is 23.2 Å². The molecule has 0 saturated carbocycles. The van der Waals surface area contributed by atoms with Gasteiger partial charge in [0.05, 0.1) is 35.1 Å². The predicted octanol–water partition coefficient (Wildman–Crippen LogP) is 5.56. The van der Waals surface area contributed by atoms with E-state index >= 15 is 0 Å². The van der Waals surface area contributed by atoms with Gasteiger partial charge in [-0.2, -0.15) is 0 Å². The van der Waals surface area contributed by atoms with E-state index in [1.54, 1.807) is 54.5 Å². The Labute approximate surface area is 241 Å². The maximum absolute atomic E-state index is 13.8. The van der Waals surface area contributed by atoms with Gasteiger partial charge in [0.2, 0.25) is 5.95 Å².